The van der Waals surface area contributed by atoms with Crippen molar-refractivity contribution in [2.75, 3.05) is 20.8 Å². The quantitative estimate of drug-likeness (QED) is 0.574. The van der Waals surface area contributed by atoms with Gasteiger partial charge in [0.05, 0.1) is 20.1 Å². The van der Waals surface area contributed by atoms with E-state index < -0.39 is 36.4 Å². The molecule has 2 N–H and O–H groups in total. The van der Waals surface area contributed by atoms with Crippen LogP contribution in [-0.2, 0) is 23.9 Å². The molecule has 0 unspecified atom stereocenters. The molecule has 7 heteroatoms. The number of hydrogen-bond donors (Lipinski definition) is 2. The van der Waals surface area contributed by atoms with Gasteiger partial charge in [0, 0.05) is 0 Å². The Kier molecular flexibility index (Phi) is 6.88. The van der Waals surface area contributed by atoms with Crippen molar-refractivity contribution in [2.45, 2.75) is 19.4 Å². The summed E-state index contributed by atoms with van der Waals surface area (Å²) in [7, 11) is 2.40. The first-order valence-electron chi connectivity index (χ1n) is 5.02. The Morgan fingerprint density at radius 2 is 1.71 bits per heavy atom. The molecule has 0 bridgehead atoms. The van der Waals surface area contributed by atoms with Crippen LogP contribution >= 0.6 is 0 Å². The molecule has 0 radical (unpaired) electrons. The Hall–Kier alpha value is -1.63. The summed E-state index contributed by atoms with van der Waals surface area (Å²) in [5, 5.41) is 10.8. The lowest BCUT2D eigenvalue weighted by Gasteiger charge is -2.18. The number of amides is 1. The SMILES string of the molecule is COC(=O)[C@H](C[C@H](C)C(=O)OC)NC(=O)CO. The summed E-state index contributed by atoms with van der Waals surface area (Å²) in [6, 6.07) is -0.978. The first-order valence-corrected chi connectivity index (χ1v) is 5.02. The highest BCUT2D eigenvalue weighted by molar-refractivity contribution is 5.85. The maximum Gasteiger partial charge on any atom is 0.328 e. The van der Waals surface area contributed by atoms with Crippen LogP contribution in [0.25, 0.3) is 0 Å². The van der Waals surface area contributed by atoms with Gasteiger partial charge in [0.15, 0.2) is 0 Å². The minimum atomic E-state index is -0.978. The zero-order valence-electron chi connectivity index (χ0n) is 10.1. The van der Waals surface area contributed by atoms with Crippen LogP contribution in [0.2, 0.25) is 0 Å². The maximum atomic E-state index is 11.3. The fourth-order valence-corrected chi connectivity index (χ4v) is 1.25. The van der Waals surface area contributed by atoms with Crippen LogP contribution in [-0.4, -0.2) is 49.8 Å². The fraction of sp³-hybridized carbons (Fsp3) is 0.700. The van der Waals surface area contributed by atoms with E-state index in [4.69, 9.17) is 5.11 Å². The molecule has 0 saturated carbocycles. The van der Waals surface area contributed by atoms with Gasteiger partial charge in [0.1, 0.15) is 12.6 Å². The van der Waals surface area contributed by atoms with Crippen molar-refractivity contribution in [3.05, 3.63) is 0 Å². The van der Waals surface area contributed by atoms with E-state index in [1.807, 2.05) is 0 Å². The van der Waals surface area contributed by atoms with Crippen molar-refractivity contribution in [1.82, 2.24) is 5.32 Å². The van der Waals surface area contributed by atoms with Crippen molar-refractivity contribution in [3.63, 3.8) is 0 Å². The highest BCUT2D eigenvalue weighted by Gasteiger charge is 2.26. The molecule has 0 rings (SSSR count). The summed E-state index contributed by atoms with van der Waals surface area (Å²) in [4.78, 5) is 33.5. The highest BCUT2D eigenvalue weighted by atomic mass is 16.5. The number of ether oxygens (including phenoxy) is 2. The Labute approximate surface area is 99.1 Å². The summed E-state index contributed by atoms with van der Waals surface area (Å²) in [5.74, 6) is -2.44. The maximum absolute atomic E-state index is 11.3. The molecule has 7 nitrogen and oxygen atoms in total. The number of rotatable bonds is 6. The highest BCUT2D eigenvalue weighted by Crippen LogP contribution is 2.09. The molecular formula is C10H17NO6. The standard InChI is InChI=1S/C10H17NO6/c1-6(9(14)16-2)4-7(10(15)17-3)11-8(13)5-12/h6-7,12H,4-5H2,1-3H3,(H,11,13)/t6-,7-/m0/s1. The number of carbonyl (C=O) groups is 3. The van der Waals surface area contributed by atoms with Gasteiger partial charge in [-0.15, -0.1) is 0 Å². The fourth-order valence-electron chi connectivity index (χ4n) is 1.25. The molecule has 0 aliphatic heterocycles. The number of nitrogens with one attached hydrogen (secondary N) is 1. The normalized spacial score (nSPS) is 13.4. The number of hydrogen-bond acceptors (Lipinski definition) is 6. The van der Waals surface area contributed by atoms with Crippen molar-refractivity contribution in [1.29, 1.82) is 0 Å². The van der Waals surface area contributed by atoms with E-state index in [1.165, 1.54) is 14.2 Å². The van der Waals surface area contributed by atoms with Gasteiger partial charge < -0.3 is 19.9 Å². The molecule has 0 aliphatic rings. The first-order chi connectivity index (χ1) is 7.96. The monoisotopic (exact) mass is 247 g/mol. The first kappa shape index (κ1) is 15.4. The van der Waals surface area contributed by atoms with E-state index in [9.17, 15) is 14.4 Å². The van der Waals surface area contributed by atoms with Gasteiger partial charge in [0.25, 0.3) is 0 Å². The number of aliphatic hydroxyl groups excluding tert-OH is 1. The molecule has 0 saturated heterocycles. The zero-order valence-corrected chi connectivity index (χ0v) is 10.1. The third-order valence-electron chi connectivity index (χ3n) is 2.16. The Bertz CT molecular complexity index is 291. The van der Waals surface area contributed by atoms with Crippen molar-refractivity contribution >= 4 is 17.8 Å². The Balaban J connectivity index is 4.54. The molecule has 1 amide bonds. The smallest absolute Gasteiger partial charge is 0.328 e. The Morgan fingerprint density at radius 1 is 1.18 bits per heavy atom. The summed E-state index contributed by atoms with van der Waals surface area (Å²) < 4.78 is 8.99. The molecule has 0 aromatic carbocycles. The average Bonchev–Trinajstić information content (AvgIpc) is 2.35. The van der Waals surface area contributed by atoms with Crippen LogP contribution in [0.15, 0.2) is 0 Å². The predicted molar refractivity (Wildman–Crippen MR) is 56.8 cm³/mol. The number of esters is 2. The molecule has 0 aromatic rings. The molecule has 0 spiro atoms. The molecule has 0 heterocycles. The van der Waals surface area contributed by atoms with Gasteiger partial charge in [-0.1, -0.05) is 6.92 Å². The van der Waals surface area contributed by atoms with Gasteiger partial charge >= 0.3 is 11.9 Å². The van der Waals surface area contributed by atoms with E-state index in [1.54, 1.807) is 6.92 Å². The molecule has 0 aliphatic carbocycles. The van der Waals surface area contributed by atoms with Gasteiger partial charge in [-0.3, -0.25) is 9.59 Å². The van der Waals surface area contributed by atoms with Crippen LogP contribution in [0.5, 0.6) is 0 Å². The van der Waals surface area contributed by atoms with Crippen molar-refractivity contribution in [2.24, 2.45) is 5.92 Å². The Morgan fingerprint density at radius 3 is 2.12 bits per heavy atom. The molecule has 0 aromatic heterocycles. The molecule has 17 heavy (non-hydrogen) atoms. The van der Waals surface area contributed by atoms with Gasteiger partial charge in [0.2, 0.25) is 5.91 Å². The number of carbonyl (C=O) groups excluding carboxylic acids is 3. The van der Waals surface area contributed by atoms with Crippen LogP contribution in [0.3, 0.4) is 0 Å². The minimum Gasteiger partial charge on any atom is -0.469 e. The topological polar surface area (TPSA) is 102 Å². The van der Waals surface area contributed by atoms with E-state index in [2.05, 4.69) is 14.8 Å². The lowest BCUT2D eigenvalue weighted by molar-refractivity contribution is -0.149. The number of methoxy groups -OCH3 is 2. The number of aliphatic hydroxyl groups is 1. The largest absolute Gasteiger partial charge is 0.469 e. The summed E-state index contributed by atoms with van der Waals surface area (Å²) in [6.45, 7) is 0.826. The van der Waals surface area contributed by atoms with Crippen molar-refractivity contribution in [3.8, 4) is 0 Å². The molecular weight excluding hydrogens is 230 g/mol. The van der Waals surface area contributed by atoms with Crippen LogP contribution < -0.4 is 5.32 Å². The van der Waals surface area contributed by atoms with E-state index >= 15 is 0 Å². The summed E-state index contributed by atoms with van der Waals surface area (Å²) in [5.41, 5.74) is 0. The van der Waals surface area contributed by atoms with Crippen LogP contribution in [0.1, 0.15) is 13.3 Å². The average molecular weight is 247 g/mol. The van der Waals surface area contributed by atoms with E-state index in [-0.39, 0.29) is 6.42 Å². The second-order valence-corrected chi connectivity index (χ2v) is 3.46. The second-order valence-electron chi connectivity index (χ2n) is 3.46. The molecule has 2 atom stereocenters. The predicted octanol–water partition coefficient (Wildman–Crippen LogP) is -1.16. The van der Waals surface area contributed by atoms with Crippen LogP contribution in [0, 0.1) is 5.92 Å². The second kappa shape index (κ2) is 7.61. The lowest BCUT2D eigenvalue weighted by atomic mass is 10.0. The lowest BCUT2D eigenvalue weighted by Crippen LogP contribution is -2.44. The van der Waals surface area contributed by atoms with Crippen molar-refractivity contribution < 1.29 is 29.0 Å². The molecule has 98 valence electrons. The summed E-state index contributed by atoms with van der Waals surface area (Å²) >= 11 is 0. The van der Waals surface area contributed by atoms with E-state index in [0.29, 0.717) is 0 Å². The zero-order chi connectivity index (χ0) is 13.4. The third kappa shape index (κ3) is 5.30. The van der Waals surface area contributed by atoms with E-state index in [0.717, 1.165) is 0 Å². The van der Waals surface area contributed by atoms with Gasteiger partial charge in [-0.2, -0.15) is 0 Å². The van der Waals surface area contributed by atoms with Crippen LogP contribution in [0.4, 0.5) is 0 Å². The van der Waals surface area contributed by atoms with Gasteiger partial charge in [-0.05, 0) is 6.42 Å². The van der Waals surface area contributed by atoms with Gasteiger partial charge in [-0.25, -0.2) is 4.79 Å². The molecule has 0 fully saturated rings. The summed E-state index contributed by atoms with van der Waals surface area (Å²) in [6.07, 6.45) is 0.0467. The minimum absolute atomic E-state index is 0.0467. The third-order valence-corrected chi connectivity index (χ3v) is 2.16.